The van der Waals surface area contributed by atoms with Gasteiger partial charge < -0.3 is 5.32 Å². The number of ketones is 1. The Morgan fingerprint density at radius 1 is 1.43 bits per heavy atom. The molecule has 0 atom stereocenters. The molecule has 0 saturated heterocycles. The Bertz CT molecular complexity index is 217. The van der Waals surface area contributed by atoms with Crippen molar-refractivity contribution in [2.75, 3.05) is 13.1 Å². The highest BCUT2D eigenvalue weighted by molar-refractivity contribution is 5.80. The molecule has 1 N–H and O–H groups in total. The summed E-state index contributed by atoms with van der Waals surface area (Å²) in [6.45, 7) is -1.38. The molecule has 0 aromatic heterocycles. The van der Waals surface area contributed by atoms with E-state index in [0.29, 0.717) is 12.8 Å². The lowest BCUT2D eigenvalue weighted by atomic mass is 10.2. The minimum absolute atomic E-state index is 0.231. The van der Waals surface area contributed by atoms with Gasteiger partial charge in [-0.25, -0.2) is 0 Å². The summed E-state index contributed by atoms with van der Waals surface area (Å²) < 4.78 is 34.8. The van der Waals surface area contributed by atoms with Gasteiger partial charge in [-0.1, -0.05) is 0 Å². The molecule has 0 unspecified atom stereocenters. The minimum Gasteiger partial charge on any atom is -0.302 e. The molecule has 80 valence electrons. The quantitative estimate of drug-likeness (QED) is 0.528. The van der Waals surface area contributed by atoms with Gasteiger partial charge in [0.25, 0.3) is 0 Å². The maximum absolute atomic E-state index is 11.6. The molecule has 2 nitrogen and oxygen atoms in total. The van der Waals surface area contributed by atoms with Crippen LogP contribution in [0.25, 0.3) is 0 Å². The Morgan fingerprint density at radius 2 is 2.07 bits per heavy atom. The number of hydrogen-bond acceptors (Lipinski definition) is 2. The first-order valence-electron chi connectivity index (χ1n) is 4.18. The molecule has 0 rings (SSSR count). The second kappa shape index (κ2) is 6.44. The number of Topliss-reactive ketones (excluding diaryl/α,β-unsaturated/α-hetero) is 1. The van der Waals surface area contributed by atoms with Crippen LogP contribution in [0, 0.1) is 12.3 Å². The van der Waals surface area contributed by atoms with E-state index in [9.17, 15) is 18.0 Å². The molecular formula is C9H12F3NO. The van der Waals surface area contributed by atoms with Crippen molar-refractivity contribution in [1.82, 2.24) is 5.32 Å². The second-order valence-corrected chi connectivity index (χ2v) is 2.82. The zero-order valence-corrected chi connectivity index (χ0v) is 7.66. The van der Waals surface area contributed by atoms with Crippen molar-refractivity contribution in [3.8, 4) is 12.3 Å². The number of carbonyl (C=O) groups excluding carboxylic acids is 1. The summed E-state index contributed by atoms with van der Waals surface area (Å²) in [7, 11) is 0. The maximum atomic E-state index is 11.6. The van der Waals surface area contributed by atoms with E-state index in [2.05, 4.69) is 5.92 Å². The van der Waals surface area contributed by atoms with Gasteiger partial charge in [-0.15, -0.1) is 12.3 Å². The topological polar surface area (TPSA) is 29.1 Å². The van der Waals surface area contributed by atoms with Crippen LogP contribution in [-0.4, -0.2) is 25.0 Å². The van der Waals surface area contributed by atoms with E-state index in [1.165, 1.54) is 0 Å². The Morgan fingerprint density at radius 3 is 2.57 bits per heavy atom. The molecule has 14 heavy (non-hydrogen) atoms. The van der Waals surface area contributed by atoms with Gasteiger partial charge in [-0.2, -0.15) is 13.2 Å². The molecule has 0 aliphatic rings. The number of terminal acetylenes is 1. The molecule has 0 spiro atoms. The summed E-state index contributed by atoms with van der Waals surface area (Å²) in [5, 5.41) is 2.03. The third-order valence-corrected chi connectivity index (χ3v) is 1.42. The highest BCUT2D eigenvalue weighted by Crippen LogP contribution is 2.11. The monoisotopic (exact) mass is 207 g/mol. The molecule has 0 radical (unpaired) electrons. The number of carbonyl (C=O) groups is 1. The van der Waals surface area contributed by atoms with Gasteiger partial charge in [0.1, 0.15) is 5.78 Å². The maximum Gasteiger partial charge on any atom is 0.401 e. The van der Waals surface area contributed by atoms with Crippen molar-refractivity contribution in [1.29, 1.82) is 0 Å². The van der Waals surface area contributed by atoms with Crippen LogP contribution in [0.15, 0.2) is 0 Å². The number of unbranched alkanes of at least 4 members (excludes halogenated alkanes) is 1. The Balaban J connectivity index is 3.42. The van der Waals surface area contributed by atoms with Crippen LogP contribution in [0.3, 0.4) is 0 Å². The summed E-state index contributed by atoms with van der Waals surface area (Å²) in [6, 6.07) is 0. The predicted molar refractivity (Wildman–Crippen MR) is 46.6 cm³/mol. The lowest BCUT2D eigenvalue weighted by Gasteiger charge is -2.06. The van der Waals surface area contributed by atoms with E-state index >= 15 is 0 Å². The second-order valence-electron chi connectivity index (χ2n) is 2.82. The number of hydrogen-bond donors (Lipinski definition) is 1. The Labute approximate surface area is 80.9 Å². The number of rotatable bonds is 6. The smallest absolute Gasteiger partial charge is 0.302 e. The molecule has 0 bridgehead atoms. The van der Waals surface area contributed by atoms with Crippen LogP contribution in [-0.2, 0) is 4.79 Å². The molecule has 0 heterocycles. The van der Waals surface area contributed by atoms with Crippen molar-refractivity contribution in [3.05, 3.63) is 0 Å². The van der Waals surface area contributed by atoms with Crippen LogP contribution >= 0.6 is 0 Å². The lowest BCUT2D eigenvalue weighted by Crippen LogP contribution is -2.32. The summed E-state index contributed by atoms with van der Waals surface area (Å²) in [5.41, 5.74) is 0. The minimum atomic E-state index is -4.26. The molecule has 0 aromatic carbocycles. The highest BCUT2D eigenvalue weighted by atomic mass is 19.4. The molecule has 0 aromatic rings. The van der Waals surface area contributed by atoms with E-state index in [0.717, 1.165) is 0 Å². The van der Waals surface area contributed by atoms with E-state index in [4.69, 9.17) is 6.42 Å². The first kappa shape index (κ1) is 13.0. The molecule has 0 fully saturated rings. The molecule has 0 aliphatic heterocycles. The van der Waals surface area contributed by atoms with Gasteiger partial charge in [-0.3, -0.25) is 4.79 Å². The highest BCUT2D eigenvalue weighted by Gasteiger charge is 2.26. The van der Waals surface area contributed by atoms with Gasteiger partial charge in [0.2, 0.25) is 0 Å². The zero-order valence-electron chi connectivity index (χ0n) is 7.66. The van der Waals surface area contributed by atoms with Gasteiger partial charge in [0, 0.05) is 12.8 Å². The molecule has 0 aliphatic carbocycles. The molecule has 5 heteroatoms. The number of alkyl halides is 3. The summed E-state index contributed by atoms with van der Waals surface area (Å²) in [4.78, 5) is 10.9. The van der Waals surface area contributed by atoms with Crippen molar-refractivity contribution >= 4 is 5.78 Å². The van der Waals surface area contributed by atoms with Crippen LogP contribution in [0.4, 0.5) is 13.2 Å². The first-order chi connectivity index (χ1) is 6.45. The van der Waals surface area contributed by atoms with Crippen molar-refractivity contribution in [2.45, 2.75) is 25.4 Å². The molecule has 0 saturated carbocycles. The first-order valence-corrected chi connectivity index (χ1v) is 4.18. The normalized spacial score (nSPS) is 11.0. The van der Waals surface area contributed by atoms with Gasteiger partial charge >= 0.3 is 6.18 Å². The van der Waals surface area contributed by atoms with Crippen LogP contribution in [0.5, 0.6) is 0 Å². The third-order valence-electron chi connectivity index (χ3n) is 1.42. The fourth-order valence-electron chi connectivity index (χ4n) is 0.820. The van der Waals surface area contributed by atoms with Gasteiger partial charge in [-0.05, 0) is 6.42 Å². The largest absolute Gasteiger partial charge is 0.401 e. The fourth-order valence-corrected chi connectivity index (χ4v) is 0.820. The van der Waals surface area contributed by atoms with Crippen LogP contribution in [0.1, 0.15) is 19.3 Å². The van der Waals surface area contributed by atoms with E-state index in [-0.39, 0.29) is 18.7 Å². The van der Waals surface area contributed by atoms with E-state index in [1.54, 1.807) is 0 Å². The number of halogens is 3. The predicted octanol–water partition coefficient (Wildman–Crippen LogP) is 1.51. The van der Waals surface area contributed by atoms with Crippen LogP contribution < -0.4 is 5.32 Å². The van der Waals surface area contributed by atoms with Crippen molar-refractivity contribution in [2.24, 2.45) is 0 Å². The molecule has 0 amide bonds. The SMILES string of the molecule is C#CCCCC(=O)CNCC(F)(F)F. The zero-order chi connectivity index (χ0) is 11.0. The summed E-state index contributed by atoms with van der Waals surface area (Å²) in [5.74, 6) is 2.10. The van der Waals surface area contributed by atoms with Crippen molar-refractivity contribution in [3.63, 3.8) is 0 Å². The van der Waals surface area contributed by atoms with Crippen LogP contribution in [0.2, 0.25) is 0 Å². The van der Waals surface area contributed by atoms with Gasteiger partial charge in [0.05, 0.1) is 13.1 Å². The summed E-state index contributed by atoms with van der Waals surface area (Å²) in [6.07, 6.45) is 1.92. The number of nitrogens with one attached hydrogen (secondary N) is 1. The average molecular weight is 207 g/mol. The molecular weight excluding hydrogens is 195 g/mol. The fraction of sp³-hybridized carbons (Fsp3) is 0.667. The third kappa shape index (κ3) is 9.07. The van der Waals surface area contributed by atoms with E-state index in [1.807, 2.05) is 5.32 Å². The Hall–Kier alpha value is -1.02. The Kier molecular flexibility index (Phi) is 5.97. The van der Waals surface area contributed by atoms with E-state index < -0.39 is 12.7 Å². The average Bonchev–Trinajstić information content (AvgIpc) is 2.02. The summed E-state index contributed by atoms with van der Waals surface area (Å²) >= 11 is 0. The van der Waals surface area contributed by atoms with Gasteiger partial charge in [0.15, 0.2) is 0 Å². The standard InChI is InChI=1S/C9H12F3NO/c1-2-3-4-5-8(14)6-13-7-9(10,11)12/h1,13H,3-7H2. The van der Waals surface area contributed by atoms with Crippen molar-refractivity contribution < 1.29 is 18.0 Å². The lowest BCUT2D eigenvalue weighted by molar-refractivity contribution is -0.127.